The van der Waals surface area contributed by atoms with Crippen LogP contribution in [-0.2, 0) is 4.79 Å². The van der Waals surface area contributed by atoms with Crippen molar-refractivity contribution >= 4 is 16.7 Å². The number of hydrogen-bond acceptors (Lipinski definition) is 4. The van der Waals surface area contributed by atoms with E-state index >= 15 is 0 Å². The second kappa shape index (κ2) is 8.76. The monoisotopic (exact) mass is 405 g/mol. The number of nitrogens with zero attached hydrogens (tertiary/aromatic N) is 1. The maximum absolute atomic E-state index is 11.7. The van der Waals surface area contributed by atoms with Gasteiger partial charge < -0.3 is 14.6 Å². The number of carbonyl (C=O) groups is 1. The lowest BCUT2D eigenvalue weighted by atomic mass is 9.90. The van der Waals surface area contributed by atoms with E-state index < -0.39 is 5.97 Å². The van der Waals surface area contributed by atoms with E-state index in [-0.39, 0.29) is 12.0 Å². The predicted molar refractivity (Wildman–Crippen MR) is 117 cm³/mol. The van der Waals surface area contributed by atoms with Crippen molar-refractivity contribution in [2.75, 3.05) is 27.3 Å². The van der Waals surface area contributed by atoms with E-state index in [0.29, 0.717) is 13.0 Å². The Morgan fingerprint density at radius 3 is 2.57 bits per heavy atom. The smallest absolute Gasteiger partial charge is 0.307 e. The third-order valence-electron chi connectivity index (χ3n) is 5.99. The first kappa shape index (κ1) is 20.2. The highest BCUT2D eigenvalue weighted by Gasteiger charge is 2.33. The number of likely N-dealkylation sites (tertiary alicyclic amines) is 1. The third kappa shape index (κ3) is 3.98. The van der Waals surface area contributed by atoms with Gasteiger partial charge in [0.25, 0.3) is 0 Å². The molecule has 1 aliphatic heterocycles. The number of hydrogen-bond donors (Lipinski definition) is 1. The molecule has 1 saturated heterocycles. The van der Waals surface area contributed by atoms with Crippen LogP contribution >= 0.6 is 0 Å². The Kier molecular flexibility index (Phi) is 5.91. The van der Waals surface area contributed by atoms with Gasteiger partial charge in [-0.15, -0.1) is 0 Å². The fourth-order valence-corrected chi connectivity index (χ4v) is 4.46. The van der Waals surface area contributed by atoms with Crippen LogP contribution in [0.3, 0.4) is 0 Å². The summed E-state index contributed by atoms with van der Waals surface area (Å²) in [5.41, 5.74) is 2.10. The Morgan fingerprint density at radius 1 is 1.03 bits per heavy atom. The van der Waals surface area contributed by atoms with Crippen LogP contribution in [0.25, 0.3) is 10.8 Å². The number of benzene rings is 3. The molecule has 0 aliphatic carbocycles. The van der Waals surface area contributed by atoms with Crippen molar-refractivity contribution in [2.24, 2.45) is 5.92 Å². The van der Waals surface area contributed by atoms with E-state index in [0.717, 1.165) is 41.0 Å². The average Bonchev–Trinajstić information content (AvgIpc) is 2.79. The molecule has 1 N–H and O–H groups in total. The van der Waals surface area contributed by atoms with Crippen molar-refractivity contribution in [3.63, 3.8) is 0 Å². The number of aliphatic carboxylic acids is 1. The van der Waals surface area contributed by atoms with E-state index in [1.165, 1.54) is 5.39 Å². The van der Waals surface area contributed by atoms with Crippen LogP contribution in [0.4, 0.5) is 0 Å². The molecule has 2 atom stereocenters. The first-order valence-electron chi connectivity index (χ1n) is 10.3. The highest BCUT2D eigenvalue weighted by atomic mass is 16.5. The molecule has 0 amide bonds. The molecule has 156 valence electrons. The number of piperidine rings is 1. The summed E-state index contributed by atoms with van der Waals surface area (Å²) in [5, 5.41) is 12.0. The molecule has 0 radical (unpaired) electrons. The second-order valence-corrected chi connectivity index (χ2v) is 7.79. The van der Waals surface area contributed by atoms with Crippen molar-refractivity contribution < 1.29 is 19.4 Å². The van der Waals surface area contributed by atoms with Crippen LogP contribution in [0, 0.1) is 5.92 Å². The zero-order chi connectivity index (χ0) is 21.1. The van der Waals surface area contributed by atoms with Crippen LogP contribution in [0.2, 0.25) is 0 Å². The average molecular weight is 405 g/mol. The summed E-state index contributed by atoms with van der Waals surface area (Å²) < 4.78 is 11.2. The Hall–Kier alpha value is -3.05. The van der Waals surface area contributed by atoms with Gasteiger partial charge in [-0.3, -0.25) is 9.69 Å². The molecule has 0 spiro atoms. The summed E-state index contributed by atoms with van der Waals surface area (Å²) in [6.07, 6.45) is 1.57. The van der Waals surface area contributed by atoms with Crippen molar-refractivity contribution in [1.29, 1.82) is 0 Å². The van der Waals surface area contributed by atoms with Crippen LogP contribution < -0.4 is 9.47 Å². The van der Waals surface area contributed by atoms with Crippen LogP contribution in [0.15, 0.2) is 60.7 Å². The number of carboxylic acids is 1. The van der Waals surface area contributed by atoms with Crippen molar-refractivity contribution in [3.05, 3.63) is 71.8 Å². The lowest BCUT2D eigenvalue weighted by molar-refractivity contribution is -0.143. The van der Waals surface area contributed by atoms with E-state index in [1.54, 1.807) is 14.2 Å². The quantitative estimate of drug-likeness (QED) is 0.642. The molecule has 3 aromatic rings. The largest absolute Gasteiger partial charge is 0.497 e. The molecule has 0 bridgehead atoms. The zero-order valence-corrected chi connectivity index (χ0v) is 17.4. The van der Waals surface area contributed by atoms with Gasteiger partial charge in [0.15, 0.2) is 0 Å². The van der Waals surface area contributed by atoms with Crippen LogP contribution in [0.5, 0.6) is 11.5 Å². The maximum atomic E-state index is 11.7. The van der Waals surface area contributed by atoms with Gasteiger partial charge in [0.05, 0.1) is 26.2 Å². The molecule has 1 fully saturated rings. The molecule has 1 heterocycles. The first-order valence-corrected chi connectivity index (χ1v) is 10.3. The molecule has 3 aromatic carbocycles. The van der Waals surface area contributed by atoms with Gasteiger partial charge in [-0.2, -0.15) is 0 Å². The first-order chi connectivity index (χ1) is 14.6. The Balaban J connectivity index is 1.85. The van der Waals surface area contributed by atoms with Gasteiger partial charge in [0, 0.05) is 12.1 Å². The lowest BCUT2D eigenvalue weighted by Crippen LogP contribution is -2.41. The molecular formula is C25H27NO4. The van der Waals surface area contributed by atoms with Crippen LogP contribution in [0.1, 0.15) is 30.0 Å². The molecule has 5 nitrogen and oxygen atoms in total. The minimum Gasteiger partial charge on any atom is -0.497 e. The number of carboxylic acid groups (broad SMARTS) is 1. The minimum absolute atomic E-state index is 0.123. The van der Waals surface area contributed by atoms with E-state index in [4.69, 9.17) is 9.47 Å². The third-order valence-corrected chi connectivity index (χ3v) is 5.99. The molecule has 0 aromatic heterocycles. The zero-order valence-electron chi connectivity index (χ0n) is 17.4. The fraction of sp³-hybridized carbons (Fsp3) is 0.320. The summed E-state index contributed by atoms with van der Waals surface area (Å²) >= 11 is 0. The van der Waals surface area contributed by atoms with E-state index in [9.17, 15) is 9.90 Å². The summed E-state index contributed by atoms with van der Waals surface area (Å²) in [4.78, 5) is 14.0. The van der Waals surface area contributed by atoms with Gasteiger partial charge in [0.2, 0.25) is 0 Å². The van der Waals surface area contributed by atoms with Gasteiger partial charge in [0.1, 0.15) is 11.5 Å². The Bertz CT molecular complexity index is 1050. The molecule has 30 heavy (non-hydrogen) atoms. The fourth-order valence-electron chi connectivity index (χ4n) is 4.46. The molecule has 4 rings (SSSR count). The molecule has 0 saturated carbocycles. The topological polar surface area (TPSA) is 59.0 Å². The second-order valence-electron chi connectivity index (χ2n) is 7.79. The number of fused-ring (bicyclic) bond motifs is 1. The summed E-state index contributed by atoms with van der Waals surface area (Å²) in [5.74, 6) is 0.433. The number of methoxy groups -OCH3 is 2. The summed E-state index contributed by atoms with van der Waals surface area (Å²) in [6.45, 7) is 1.34. The lowest BCUT2D eigenvalue weighted by Gasteiger charge is -2.38. The van der Waals surface area contributed by atoms with Crippen molar-refractivity contribution in [2.45, 2.75) is 18.9 Å². The normalized spacial score (nSPS) is 18.1. The minimum atomic E-state index is -0.727. The highest BCUT2D eigenvalue weighted by molar-refractivity contribution is 5.83. The maximum Gasteiger partial charge on any atom is 0.307 e. The van der Waals surface area contributed by atoms with Gasteiger partial charge >= 0.3 is 5.97 Å². The van der Waals surface area contributed by atoms with Gasteiger partial charge in [-0.05, 0) is 60.0 Å². The van der Waals surface area contributed by atoms with Gasteiger partial charge in [-0.1, -0.05) is 36.4 Å². The molecule has 1 aliphatic rings. The summed E-state index contributed by atoms with van der Waals surface area (Å²) in [7, 11) is 3.32. The highest BCUT2D eigenvalue weighted by Crippen LogP contribution is 2.39. The van der Waals surface area contributed by atoms with Crippen molar-refractivity contribution in [1.82, 2.24) is 4.90 Å². The summed E-state index contributed by atoms with van der Waals surface area (Å²) in [6, 6.07) is 20.4. The van der Waals surface area contributed by atoms with Gasteiger partial charge in [-0.25, -0.2) is 0 Å². The Morgan fingerprint density at radius 2 is 1.83 bits per heavy atom. The number of rotatable bonds is 6. The van der Waals surface area contributed by atoms with E-state index in [2.05, 4.69) is 35.2 Å². The van der Waals surface area contributed by atoms with Crippen molar-refractivity contribution in [3.8, 4) is 11.5 Å². The number of ether oxygens (including phenoxy) is 2. The van der Waals surface area contributed by atoms with Crippen LogP contribution in [-0.4, -0.2) is 43.3 Å². The predicted octanol–water partition coefficient (Wildman–Crippen LogP) is 4.74. The molecular weight excluding hydrogens is 378 g/mol. The SMILES string of the molecule is COc1ccc(OC)c(C(c2ccc3ccccc3c2)N2CCCC(C(=O)O)C2)c1. The van der Waals surface area contributed by atoms with E-state index in [1.807, 2.05) is 30.3 Å². The Labute approximate surface area is 176 Å². The molecule has 2 unspecified atom stereocenters. The molecule has 5 heteroatoms. The standard InChI is InChI=1S/C25H27NO4/c1-29-21-11-12-23(30-2)22(15-21)24(26-13-5-8-20(16-26)25(27)28)19-10-9-17-6-3-4-7-18(17)14-19/h3-4,6-7,9-12,14-15,20,24H,5,8,13,16H2,1-2H3,(H,27,28).